The number of anilines is 1. The van der Waals surface area contributed by atoms with Gasteiger partial charge < -0.3 is 10.7 Å². The van der Waals surface area contributed by atoms with Crippen LogP contribution in [0.1, 0.15) is 23.9 Å². The molecule has 1 aromatic heterocycles. The molecule has 0 spiro atoms. The number of benzene rings is 1. The van der Waals surface area contributed by atoms with E-state index in [0.717, 1.165) is 25.0 Å². The molecule has 0 saturated carbocycles. The molecular formula is C13H17N3. The van der Waals surface area contributed by atoms with Gasteiger partial charge in [-0.15, -0.1) is 0 Å². The summed E-state index contributed by atoms with van der Waals surface area (Å²) in [5.41, 5.74) is 9.26. The van der Waals surface area contributed by atoms with Crippen molar-refractivity contribution in [3.63, 3.8) is 0 Å². The predicted molar refractivity (Wildman–Crippen MR) is 66.2 cm³/mol. The molecule has 0 aliphatic rings. The first-order valence-corrected chi connectivity index (χ1v) is 5.66. The zero-order chi connectivity index (χ0) is 11.4. The van der Waals surface area contributed by atoms with E-state index in [9.17, 15) is 0 Å². The van der Waals surface area contributed by atoms with Crippen LogP contribution in [-0.2, 0) is 19.3 Å². The number of H-pyrrole nitrogens is 1. The highest BCUT2D eigenvalue weighted by Crippen LogP contribution is 2.12. The van der Waals surface area contributed by atoms with Crippen molar-refractivity contribution in [1.29, 1.82) is 0 Å². The molecule has 0 atom stereocenters. The molecule has 0 aliphatic heterocycles. The van der Waals surface area contributed by atoms with Crippen LogP contribution in [0, 0.1) is 0 Å². The Labute approximate surface area is 95.7 Å². The van der Waals surface area contributed by atoms with Crippen LogP contribution in [0.5, 0.6) is 0 Å². The number of hydrogen-bond donors (Lipinski definition) is 2. The Morgan fingerprint density at radius 2 is 1.94 bits per heavy atom. The first-order valence-electron chi connectivity index (χ1n) is 5.66. The summed E-state index contributed by atoms with van der Waals surface area (Å²) in [4.78, 5) is 7.40. The van der Waals surface area contributed by atoms with Crippen molar-refractivity contribution < 1.29 is 0 Å². The van der Waals surface area contributed by atoms with Crippen molar-refractivity contribution in [2.75, 3.05) is 5.73 Å². The lowest BCUT2D eigenvalue weighted by atomic mass is 10.1. The van der Waals surface area contributed by atoms with Crippen LogP contribution in [0.15, 0.2) is 30.3 Å². The molecule has 0 saturated heterocycles. The van der Waals surface area contributed by atoms with E-state index in [1.54, 1.807) is 0 Å². The van der Waals surface area contributed by atoms with Gasteiger partial charge in [-0.2, -0.15) is 0 Å². The molecule has 0 unspecified atom stereocenters. The van der Waals surface area contributed by atoms with Crippen LogP contribution in [0.25, 0.3) is 0 Å². The summed E-state index contributed by atoms with van der Waals surface area (Å²) >= 11 is 0. The zero-order valence-corrected chi connectivity index (χ0v) is 9.53. The number of aromatic amines is 1. The van der Waals surface area contributed by atoms with E-state index in [4.69, 9.17) is 5.73 Å². The molecule has 2 aromatic rings. The first-order chi connectivity index (χ1) is 7.79. The molecule has 3 heteroatoms. The highest BCUT2D eigenvalue weighted by molar-refractivity contribution is 5.27. The summed E-state index contributed by atoms with van der Waals surface area (Å²) in [6.07, 6.45) is 2.92. The van der Waals surface area contributed by atoms with Gasteiger partial charge in [0, 0.05) is 5.69 Å². The maximum absolute atomic E-state index is 5.66. The average molecular weight is 215 g/mol. The van der Waals surface area contributed by atoms with Crippen molar-refractivity contribution in [1.82, 2.24) is 9.97 Å². The number of hydrogen-bond acceptors (Lipinski definition) is 2. The minimum absolute atomic E-state index is 0.528. The summed E-state index contributed by atoms with van der Waals surface area (Å²) in [5, 5.41) is 0. The number of nitrogens with two attached hydrogens (primary N) is 1. The van der Waals surface area contributed by atoms with Gasteiger partial charge in [-0.05, 0) is 24.8 Å². The van der Waals surface area contributed by atoms with Gasteiger partial charge in [-0.25, -0.2) is 4.98 Å². The maximum atomic E-state index is 5.66. The van der Waals surface area contributed by atoms with Gasteiger partial charge in [0.2, 0.25) is 0 Å². The van der Waals surface area contributed by atoms with Crippen molar-refractivity contribution in [2.24, 2.45) is 0 Å². The number of nitrogens with zero attached hydrogens (tertiary/aromatic N) is 1. The minimum atomic E-state index is 0.528. The van der Waals surface area contributed by atoms with Gasteiger partial charge in [0.05, 0.1) is 5.69 Å². The zero-order valence-electron chi connectivity index (χ0n) is 9.53. The second kappa shape index (κ2) is 4.84. The van der Waals surface area contributed by atoms with Gasteiger partial charge in [-0.3, -0.25) is 0 Å². The topological polar surface area (TPSA) is 54.7 Å². The highest BCUT2D eigenvalue weighted by atomic mass is 15.0. The Kier molecular flexibility index (Phi) is 3.25. The molecule has 3 N–H and O–H groups in total. The van der Waals surface area contributed by atoms with Crippen molar-refractivity contribution in [3.05, 3.63) is 47.3 Å². The molecule has 0 fully saturated rings. The summed E-state index contributed by atoms with van der Waals surface area (Å²) in [7, 11) is 0. The number of rotatable bonds is 4. The third-order valence-corrected chi connectivity index (χ3v) is 2.72. The Morgan fingerprint density at radius 3 is 2.62 bits per heavy atom. The summed E-state index contributed by atoms with van der Waals surface area (Å²) in [5.74, 6) is 0.528. The Hall–Kier alpha value is -1.77. The summed E-state index contributed by atoms with van der Waals surface area (Å²) < 4.78 is 0. The van der Waals surface area contributed by atoms with Crippen molar-refractivity contribution in [3.8, 4) is 0 Å². The summed E-state index contributed by atoms with van der Waals surface area (Å²) in [6, 6.07) is 10.5. The molecule has 2 rings (SSSR count). The molecule has 1 aromatic carbocycles. The molecule has 1 heterocycles. The lowest BCUT2D eigenvalue weighted by Gasteiger charge is -2.01. The normalized spacial score (nSPS) is 10.6. The van der Waals surface area contributed by atoms with E-state index in [0.29, 0.717) is 5.95 Å². The Bertz CT molecular complexity index is 445. The lowest BCUT2D eigenvalue weighted by Crippen LogP contribution is -1.95. The van der Waals surface area contributed by atoms with Gasteiger partial charge in [0.1, 0.15) is 0 Å². The van der Waals surface area contributed by atoms with E-state index >= 15 is 0 Å². The second-order valence-corrected chi connectivity index (χ2v) is 3.89. The molecular weight excluding hydrogens is 198 g/mol. The van der Waals surface area contributed by atoms with E-state index in [1.807, 2.05) is 6.07 Å². The van der Waals surface area contributed by atoms with E-state index in [-0.39, 0.29) is 0 Å². The number of aromatic nitrogens is 2. The number of imidazole rings is 1. The van der Waals surface area contributed by atoms with E-state index < -0.39 is 0 Å². The highest BCUT2D eigenvalue weighted by Gasteiger charge is 2.06. The molecule has 16 heavy (non-hydrogen) atoms. The third kappa shape index (κ3) is 2.42. The Balaban J connectivity index is 2.04. The van der Waals surface area contributed by atoms with E-state index in [1.165, 1.54) is 11.3 Å². The molecule has 84 valence electrons. The number of nitrogens with one attached hydrogen (secondary N) is 1. The van der Waals surface area contributed by atoms with Crippen LogP contribution in [0.3, 0.4) is 0 Å². The maximum Gasteiger partial charge on any atom is 0.197 e. The third-order valence-electron chi connectivity index (χ3n) is 2.72. The average Bonchev–Trinajstić information content (AvgIpc) is 2.68. The smallest absolute Gasteiger partial charge is 0.197 e. The fourth-order valence-corrected chi connectivity index (χ4v) is 1.88. The fourth-order valence-electron chi connectivity index (χ4n) is 1.88. The van der Waals surface area contributed by atoms with Crippen LogP contribution < -0.4 is 5.73 Å². The molecule has 3 nitrogen and oxygen atoms in total. The number of nitrogen functional groups attached to an aromatic ring is 1. The minimum Gasteiger partial charge on any atom is -0.369 e. The largest absolute Gasteiger partial charge is 0.369 e. The fraction of sp³-hybridized carbons (Fsp3) is 0.308. The first kappa shape index (κ1) is 10.7. The quantitative estimate of drug-likeness (QED) is 0.822. The standard InChI is InChI=1S/C13H17N3/c1-2-11-12(16-13(14)15-11)9-8-10-6-4-3-5-7-10/h3-7H,2,8-9H2,1H3,(H3,14,15,16). The predicted octanol–water partition coefficient (Wildman–Crippen LogP) is 2.34. The SMILES string of the molecule is CCc1nc(N)[nH]c1CCc1ccccc1. The second-order valence-electron chi connectivity index (χ2n) is 3.89. The van der Waals surface area contributed by atoms with E-state index in [2.05, 4.69) is 41.2 Å². The lowest BCUT2D eigenvalue weighted by molar-refractivity contribution is 0.895. The summed E-state index contributed by atoms with van der Waals surface area (Å²) in [6.45, 7) is 2.10. The van der Waals surface area contributed by atoms with Gasteiger partial charge in [0.15, 0.2) is 5.95 Å². The molecule has 0 bridgehead atoms. The van der Waals surface area contributed by atoms with Crippen molar-refractivity contribution in [2.45, 2.75) is 26.2 Å². The molecule has 0 aliphatic carbocycles. The van der Waals surface area contributed by atoms with Crippen LogP contribution in [0.4, 0.5) is 5.95 Å². The van der Waals surface area contributed by atoms with Gasteiger partial charge >= 0.3 is 0 Å². The van der Waals surface area contributed by atoms with Crippen LogP contribution in [-0.4, -0.2) is 9.97 Å². The van der Waals surface area contributed by atoms with Crippen LogP contribution >= 0.6 is 0 Å². The molecule has 0 amide bonds. The Morgan fingerprint density at radius 1 is 1.19 bits per heavy atom. The van der Waals surface area contributed by atoms with Crippen LogP contribution in [0.2, 0.25) is 0 Å². The monoisotopic (exact) mass is 215 g/mol. The molecule has 0 radical (unpaired) electrons. The van der Waals surface area contributed by atoms with Gasteiger partial charge in [-0.1, -0.05) is 37.3 Å². The van der Waals surface area contributed by atoms with Gasteiger partial charge in [0.25, 0.3) is 0 Å². The number of aryl methyl sites for hydroxylation is 3. The van der Waals surface area contributed by atoms with Crippen molar-refractivity contribution >= 4 is 5.95 Å².